The monoisotopic (exact) mass is 326 g/mol. The Morgan fingerprint density at radius 1 is 1.48 bits per heavy atom. The van der Waals surface area contributed by atoms with Crippen molar-refractivity contribution in [1.82, 2.24) is 4.57 Å². The first-order valence-corrected chi connectivity index (χ1v) is 8.62. The van der Waals surface area contributed by atoms with E-state index in [0.717, 1.165) is 16.4 Å². The Morgan fingerprint density at radius 2 is 2.19 bits per heavy atom. The maximum absolute atomic E-state index is 11.2. The second-order valence-corrected chi connectivity index (χ2v) is 7.12. The van der Waals surface area contributed by atoms with Gasteiger partial charge in [-0.25, -0.2) is 0 Å². The van der Waals surface area contributed by atoms with E-state index in [-0.39, 0.29) is 6.42 Å². The van der Waals surface area contributed by atoms with E-state index in [1.165, 1.54) is 11.3 Å². The summed E-state index contributed by atoms with van der Waals surface area (Å²) in [5, 5.41) is 6.77. The molecule has 1 aromatic heterocycles. The summed E-state index contributed by atoms with van der Waals surface area (Å²) in [6.45, 7) is 3.58. The molecule has 2 rings (SSSR count). The first-order valence-electron chi connectivity index (χ1n) is 6.31. The van der Waals surface area contributed by atoms with E-state index < -0.39 is 15.4 Å². The van der Waals surface area contributed by atoms with E-state index in [2.05, 4.69) is 17.1 Å². The van der Waals surface area contributed by atoms with Crippen LogP contribution < -0.4 is 4.80 Å². The van der Waals surface area contributed by atoms with E-state index in [9.17, 15) is 8.42 Å². The minimum atomic E-state index is -4.17. The van der Waals surface area contributed by atoms with Crippen LogP contribution in [0, 0.1) is 6.92 Å². The molecule has 0 amide bonds. The van der Waals surface area contributed by atoms with Gasteiger partial charge in [-0.2, -0.15) is 13.5 Å². The molecule has 0 saturated heterocycles. The second kappa shape index (κ2) is 6.50. The van der Waals surface area contributed by atoms with Crippen molar-refractivity contribution >= 4 is 37.9 Å². The number of hydrogen-bond acceptors (Lipinski definition) is 5. The molecule has 0 spiro atoms. The lowest BCUT2D eigenvalue weighted by Crippen LogP contribution is -2.21. The topological polar surface area (TPSA) is 84.0 Å². The molecule has 21 heavy (non-hydrogen) atoms. The van der Waals surface area contributed by atoms with Crippen molar-refractivity contribution in [2.75, 3.05) is 0 Å². The van der Waals surface area contributed by atoms with Crippen molar-refractivity contribution in [3.8, 4) is 0 Å². The Hall–Kier alpha value is -1.51. The number of thiazole rings is 1. The van der Waals surface area contributed by atoms with E-state index in [4.69, 9.17) is 4.55 Å². The molecule has 0 aliphatic rings. The van der Waals surface area contributed by atoms with Gasteiger partial charge >= 0.3 is 0 Å². The fraction of sp³-hybridized carbons (Fsp3) is 0.308. The van der Waals surface area contributed by atoms with Gasteiger partial charge in [0.05, 0.1) is 10.2 Å². The van der Waals surface area contributed by atoms with Crippen molar-refractivity contribution in [2.45, 2.75) is 18.1 Å². The molecule has 1 N–H and O–H groups in total. The zero-order chi connectivity index (χ0) is 15.5. The smallest absolute Gasteiger partial charge is 0.273 e. The molecular weight excluding hydrogens is 310 g/mol. The van der Waals surface area contributed by atoms with Crippen LogP contribution in [0.25, 0.3) is 10.2 Å². The molecule has 8 heteroatoms. The number of hydrogen-bond donors (Lipinski definition) is 1. The molecule has 0 aliphatic carbocycles. The lowest BCUT2D eigenvalue weighted by molar-refractivity contribution is 0.475. The predicted octanol–water partition coefficient (Wildman–Crippen LogP) is 2.00. The molecule has 1 atom stereocenters. The third-order valence-corrected chi connectivity index (χ3v) is 5.19. The molecule has 0 bridgehead atoms. The molecule has 0 aliphatic heterocycles. The Kier molecular flexibility index (Phi) is 4.92. The van der Waals surface area contributed by atoms with Crippen LogP contribution >= 0.6 is 11.3 Å². The summed E-state index contributed by atoms with van der Waals surface area (Å²) in [6.07, 6.45) is 1.73. The number of para-hydroxylation sites is 1. The van der Waals surface area contributed by atoms with Gasteiger partial charge in [0.25, 0.3) is 10.1 Å². The van der Waals surface area contributed by atoms with Gasteiger partial charge in [0.2, 0.25) is 4.80 Å². The van der Waals surface area contributed by atoms with Gasteiger partial charge in [0, 0.05) is 13.3 Å². The number of aromatic nitrogens is 1. The number of benzene rings is 1. The second-order valence-electron chi connectivity index (χ2n) is 4.47. The van der Waals surface area contributed by atoms with Gasteiger partial charge < -0.3 is 4.57 Å². The van der Waals surface area contributed by atoms with Crippen LogP contribution in [0.1, 0.15) is 12.8 Å². The first kappa shape index (κ1) is 15.9. The van der Waals surface area contributed by atoms with E-state index in [1.54, 1.807) is 0 Å². The zero-order valence-electron chi connectivity index (χ0n) is 11.5. The van der Waals surface area contributed by atoms with Gasteiger partial charge in [0.1, 0.15) is 5.25 Å². The van der Waals surface area contributed by atoms with Gasteiger partial charge in [-0.3, -0.25) is 4.55 Å². The molecule has 0 fully saturated rings. The van der Waals surface area contributed by atoms with Crippen molar-refractivity contribution in [3.63, 3.8) is 0 Å². The van der Waals surface area contributed by atoms with E-state index >= 15 is 0 Å². The standard InChI is InChI=1S/C13H16N3O3S2/c1-3-6-10(21(17,18)19)9-14-15-13-16(2)11-7-4-5-8-12(11)20-13/h4-5,7-10H,1,3,6H2,2H3,(H,17,18,19). The lowest BCUT2D eigenvalue weighted by Gasteiger charge is -2.04. The Morgan fingerprint density at radius 3 is 2.81 bits per heavy atom. The summed E-state index contributed by atoms with van der Waals surface area (Å²) in [7, 11) is -2.30. The Balaban J connectivity index is 2.34. The molecule has 113 valence electrons. The minimum absolute atomic E-state index is 0.205. The van der Waals surface area contributed by atoms with Gasteiger partial charge in [-0.1, -0.05) is 36.8 Å². The predicted molar refractivity (Wildman–Crippen MR) is 84.8 cm³/mol. The quantitative estimate of drug-likeness (QED) is 0.518. The summed E-state index contributed by atoms with van der Waals surface area (Å²) in [5.41, 5.74) is 1.03. The van der Waals surface area contributed by atoms with Crippen molar-refractivity contribution in [1.29, 1.82) is 0 Å². The summed E-state index contributed by atoms with van der Waals surface area (Å²) >= 11 is 1.45. The summed E-state index contributed by atoms with van der Waals surface area (Å²) in [4.78, 5) is 0.649. The highest BCUT2D eigenvalue weighted by atomic mass is 32.2. The number of aryl methyl sites for hydroxylation is 1. The summed E-state index contributed by atoms with van der Waals surface area (Å²) in [6, 6.07) is 7.82. The van der Waals surface area contributed by atoms with Crippen molar-refractivity contribution < 1.29 is 13.0 Å². The minimum Gasteiger partial charge on any atom is -0.318 e. The van der Waals surface area contributed by atoms with Gasteiger partial charge in [-0.15, -0.1) is 5.10 Å². The van der Waals surface area contributed by atoms with Crippen LogP contribution in [0.4, 0.5) is 0 Å². The van der Waals surface area contributed by atoms with Crippen LogP contribution in [0.15, 0.2) is 34.5 Å². The Labute approximate surface area is 127 Å². The molecule has 1 aromatic carbocycles. The maximum atomic E-state index is 11.2. The average Bonchev–Trinajstić information content (AvgIpc) is 2.74. The normalized spacial score (nSPS) is 15.1. The SMILES string of the molecule is [CH2]CCC(C=NN=c1sc2ccccc2n1C)S(=O)(=O)O. The number of rotatable bonds is 5. The van der Waals surface area contributed by atoms with Gasteiger partial charge in [-0.05, 0) is 18.6 Å². The molecule has 2 aromatic rings. The fourth-order valence-electron chi connectivity index (χ4n) is 1.84. The van der Waals surface area contributed by atoms with E-state index in [0.29, 0.717) is 11.2 Å². The molecule has 1 radical (unpaired) electrons. The Bertz CT molecular complexity index is 819. The molecule has 6 nitrogen and oxygen atoms in total. The highest BCUT2D eigenvalue weighted by Crippen LogP contribution is 2.15. The first-order chi connectivity index (χ1) is 9.93. The number of nitrogens with zero attached hydrogens (tertiary/aromatic N) is 3. The zero-order valence-corrected chi connectivity index (χ0v) is 13.1. The van der Waals surface area contributed by atoms with Crippen LogP contribution in [0.5, 0.6) is 0 Å². The molecule has 0 saturated carbocycles. The lowest BCUT2D eigenvalue weighted by atomic mass is 10.3. The van der Waals surface area contributed by atoms with Gasteiger partial charge in [0.15, 0.2) is 0 Å². The summed E-state index contributed by atoms with van der Waals surface area (Å²) in [5.74, 6) is 0. The molecule has 1 unspecified atom stereocenters. The van der Waals surface area contributed by atoms with Crippen LogP contribution in [0.2, 0.25) is 0 Å². The van der Waals surface area contributed by atoms with E-state index in [1.807, 2.05) is 35.9 Å². The van der Waals surface area contributed by atoms with Crippen LogP contribution in [0.3, 0.4) is 0 Å². The highest BCUT2D eigenvalue weighted by molar-refractivity contribution is 7.87. The average molecular weight is 326 g/mol. The maximum Gasteiger partial charge on any atom is 0.273 e. The third-order valence-electron chi connectivity index (χ3n) is 2.96. The highest BCUT2D eigenvalue weighted by Gasteiger charge is 2.19. The van der Waals surface area contributed by atoms with Crippen LogP contribution in [-0.2, 0) is 17.2 Å². The fourth-order valence-corrected chi connectivity index (χ4v) is 3.49. The largest absolute Gasteiger partial charge is 0.318 e. The number of fused-ring (bicyclic) bond motifs is 1. The van der Waals surface area contributed by atoms with Crippen molar-refractivity contribution in [2.24, 2.45) is 17.3 Å². The third kappa shape index (κ3) is 3.78. The molecule has 1 heterocycles. The summed E-state index contributed by atoms with van der Waals surface area (Å²) < 4.78 is 34.4. The van der Waals surface area contributed by atoms with Crippen LogP contribution in [-0.4, -0.2) is 29.0 Å². The van der Waals surface area contributed by atoms with Crippen molar-refractivity contribution in [3.05, 3.63) is 36.0 Å². The molecular formula is C13H16N3O3S2.